The third-order valence-electron chi connectivity index (χ3n) is 5.99. The molecule has 4 rings (SSSR count). The van der Waals surface area contributed by atoms with Gasteiger partial charge in [-0.15, -0.1) is 0 Å². The Morgan fingerprint density at radius 3 is 2.76 bits per heavy atom. The number of piperazine rings is 1. The summed E-state index contributed by atoms with van der Waals surface area (Å²) in [5, 5.41) is 14.5. The molecule has 2 aromatic heterocycles. The van der Waals surface area contributed by atoms with Crippen LogP contribution in [-0.2, 0) is 11.3 Å². The number of pyridine rings is 1. The number of nitrogens with zero attached hydrogens (tertiary/aromatic N) is 6. The molecule has 1 saturated heterocycles. The van der Waals surface area contributed by atoms with E-state index >= 15 is 0 Å². The van der Waals surface area contributed by atoms with Crippen LogP contribution in [-0.4, -0.2) is 57.5 Å². The third kappa shape index (κ3) is 4.63. The Hall–Kier alpha value is -3.41. The molecule has 0 spiro atoms. The molecule has 8 nitrogen and oxygen atoms in total. The van der Waals surface area contributed by atoms with Crippen molar-refractivity contribution < 1.29 is 9.59 Å². The summed E-state index contributed by atoms with van der Waals surface area (Å²) < 4.78 is 1.60. The Morgan fingerprint density at radius 2 is 2.06 bits per heavy atom. The summed E-state index contributed by atoms with van der Waals surface area (Å²) in [6.07, 6.45) is 2.28. The number of aromatic nitrogens is 3. The zero-order chi connectivity index (χ0) is 24.4. The predicted octanol–water partition coefficient (Wildman–Crippen LogP) is 3.98. The summed E-state index contributed by atoms with van der Waals surface area (Å²) in [6, 6.07) is 10.7. The van der Waals surface area contributed by atoms with Crippen LogP contribution in [0.2, 0.25) is 10.0 Å². The molecule has 0 aliphatic carbocycles. The van der Waals surface area contributed by atoms with Gasteiger partial charge in [0.05, 0.1) is 15.7 Å². The van der Waals surface area contributed by atoms with Gasteiger partial charge in [0.15, 0.2) is 6.29 Å². The molecular formula is C24H22Cl2N6O2. The van der Waals surface area contributed by atoms with E-state index in [-0.39, 0.29) is 24.2 Å². The van der Waals surface area contributed by atoms with Gasteiger partial charge in [0.1, 0.15) is 24.0 Å². The molecule has 1 aromatic carbocycles. The van der Waals surface area contributed by atoms with Crippen LogP contribution in [0.15, 0.2) is 36.5 Å². The van der Waals surface area contributed by atoms with Crippen LogP contribution in [0.25, 0.3) is 11.3 Å². The molecule has 0 bridgehead atoms. The number of hydrogen-bond acceptors (Lipinski definition) is 6. The van der Waals surface area contributed by atoms with Crippen LogP contribution in [0.1, 0.15) is 28.7 Å². The fourth-order valence-electron chi connectivity index (χ4n) is 4.10. The second-order valence-corrected chi connectivity index (χ2v) is 8.94. The van der Waals surface area contributed by atoms with Crippen molar-refractivity contribution in [2.75, 3.05) is 24.5 Å². The Kier molecular flexibility index (Phi) is 6.87. The van der Waals surface area contributed by atoms with Gasteiger partial charge in [0, 0.05) is 48.7 Å². The van der Waals surface area contributed by atoms with Gasteiger partial charge in [-0.25, -0.2) is 4.98 Å². The number of benzene rings is 1. The van der Waals surface area contributed by atoms with Crippen LogP contribution in [0.5, 0.6) is 0 Å². The lowest BCUT2D eigenvalue weighted by Crippen LogP contribution is -2.54. The molecule has 0 unspecified atom stereocenters. The topological polar surface area (TPSA) is 95.1 Å². The van der Waals surface area contributed by atoms with Gasteiger partial charge in [-0.3, -0.25) is 14.3 Å². The van der Waals surface area contributed by atoms with Gasteiger partial charge < -0.3 is 9.80 Å². The molecule has 1 aliphatic rings. The van der Waals surface area contributed by atoms with Gasteiger partial charge in [-0.05, 0) is 44.2 Å². The minimum Gasteiger partial charge on any atom is -0.368 e. The lowest BCUT2D eigenvalue weighted by Gasteiger charge is -2.41. The SMILES string of the molecule is Cc1c(Cl)c(-c2ccnc(C#N)c2)nn1CC(=O)N1CCN(c2ccc(Cl)c(C=O)c2)C[C@@H]1C. The van der Waals surface area contributed by atoms with E-state index in [0.717, 1.165) is 12.0 Å². The summed E-state index contributed by atoms with van der Waals surface area (Å²) in [4.78, 5) is 32.3. The van der Waals surface area contributed by atoms with Gasteiger partial charge >= 0.3 is 0 Å². The first-order valence-electron chi connectivity index (χ1n) is 10.7. The maximum Gasteiger partial charge on any atom is 0.244 e. The highest BCUT2D eigenvalue weighted by molar-refractivity contribution is 6.33. The summed E-state index contributed by atoms with van der Waals surface area (Å²) in [5.41, 5.74) is 3.48. The van der Waals surface area contributed by atoms with E-state index in [1.807, 2.05) is 30.9 Å². The lowest BCUT2D eigenvalue weighted by atomic mass is 10.1. The number of halogens is 2. The maximum absolute atomic E-state index is 13.2. The second kappa shape index (κ2) is 9.84. The molecule has 10 heteroatoms. The highest BCUT2D eigenvalue weighted by Gasteiger charge is 2.29. The maximum atomic E-state index is 13.2. The van der Waals surface area contributed by atoms with Gasteiger partial charge in [-0.2, -0.15) is 10.4 Å². The molecule has 1 fully saturated rings. The van der Waals surface area contributed by atoms with Crippen molar-refractivity contribution >= 4 is 41.1 Å². The number of amides is 1. The molecule has 3 aromatic rings. The normalized spacial score (nSPS) is 15.8. The summed E-state index contributed by atoms with van der Waals surface area (Å²) in [6.45, 7) is 5.66. The number of carbonyl (C=O) groups is 2. The monoisotopic (exact) mass is 496 g/mol. The minimum absolute atomic E-state index is 0.0409. The zero-order valence-corrected chi connectivity index (χ0v) is 20.2. The van der Waals surface area contributed by atoms with Gasteiger partial charge in [0.2, 0.25) is 5.91 Å². The fourth-order valence-corrected chi connectivity index (χ4v) is 4.51. The van der Waals surface area contributed by atoms with E-state index in [4.69, 9.17) is 28.5 Å². The smallest absolute Gasteiger partial charge is 0.244 e. The number of anilines is 1. The van der Waals surface area contributed by atoms with Crippen LogP contribution in [0, 0.1) is 18.3 Å². The number of nitriles is 1. The van der Waals surface area contributed by atoms with Crippen molar-refractivity contribution in [1.29, 1.82) is 5.26 Å². The molecule has 1 atom stereocenters. The van der Waals surface area contributed by atoms with E-state index in [2.05, 4.69) is 15.0 Å². The number of hydrogen-bond donors (Lipinski definition) is 0. The largest absolute Gasteiger partial charge is 0.368 e. The first-order valence-corrected chi connectivity index (χ1v) is 11.5. The average Bonchev–Trinajstić information content (AvgIpc) is 3.12. The van der Waals surface area contributed by atoms with Gasteiger partial charge in [0.25, 0.3) is 0 Å². The molecule has 3 heterocycles. The molecular weight excluding hydrogens is 475 g/mol. The molecule has 0 N–H and O–H groups in total. The van der Waals surface area contributed by atoms with Crippen molar-refractivity contribution in [3.63, 3.8) is 0 Å². The summed E-state index contributed by atoms with van der Waals surface area (Å²) in [5.74, 6) is -0.0573. The van der Waals surface area contributed by atoms with Crippen molar-refractivity contribution in [3.05, 3.63) is 63.5 Å². The first kappa shape index (κ1) is 23.7. The molecule has 34 heavy (non-hydrogen) atoms. The number of aldehydes is 1. The molecule has 1 amide bonds. The van der Waals surface area contributed by atoms with E-state index in [1.54, 1.807) is 28.9 Å². The van der Waals surface area contributed by atoms with Crippen LogP contribution in [0.4, 0.5) is 5.69 Å². The number of carbonyl (C=O) groups excluding carboxylic acids is 2. The van der Waals surface area contributed by atoms with Crippen LogP contribution in [0.3, 0.4) is 0 Å². The van der Waals surface area contributed by atoms with Crippen molar-refractivity contribution in [3.8, 4) is 17.3 Å². The molecule has 1 aliphatic heterocycles. The minimum atomic E-state index is -0.0573. The van der Waals surface area contributed by atoms with Crippen molar-refractivity contribution in [1.82, 2.24) is 19.7 Å². The second-order valence-electron chi connectivity index (χ2n) is 8.15. The van der Waals surface area contributed by atoms with Crippen LogP contribution < -0.4 is 4.90 Å². The number of rotatable bonds is 5. The van der Waals surface area contributed by atoms with E-state index in [9.17, 15) is 9.59 Å². The van der Waals surface area contributed by atoms with E-state index in [1.165, 1.54) is 6.20 Å². The Labute approximate surface area is 207 Å². The Bertz CT molecular complexity index is 1300. The highest BCUT2D eigenvalue weighted by atomic mass is 35.5. The Balaban J connectivity index is 1.47. The lowest BCUT2D eigenvalue weighted by molar-refractivity contribution is -0.134. The summed E-state index contributed by atoms with van der Waals surface area (Å²) in [7, 11) is 0. The molecule has 0 saturated carbocycles. The Morgan fingerprint density at radius 1 is 1.26 bits per heavy atom. The standard InChI is InChI=1S/C24H22Cl2N6O2/c1-15-12-30(20-3-4-21(25)18(10-20)14-33)7-8-31(15)22(34)13-32-16(2)23(26)24(29-32)17-5-6-28-19(9-17)11-27/h3-6,9-10,14-15H,7-8,12-13H2,1-2H3/t15-/m0/s1. The molecule has 0 radical (unpaired) electrons. The highest BCUT2D eigenvalue weighted by Crippen LogP contribution is 2.30. The van der Waals surface area contributed by atoms with Crippen molar-refractivity contribution in [2.45, 2.75) is 26.4 Å². The third-order valence-corrected chi connectivity index (χ3v) is 6.78. The quantitative estimate of drug-likeness (QED) is 0.495. The average molecular weight is 497 g/mol. The fraction of sp³-hybridized carbons (Fsp3) is 0.292. The van der Waals surface area contributed by atoms with E-state index < -0.39 is 0 Å². The summed E-state index contributed by atoms with van der Waals surface area (Å²) >= 11 is 12.6. The van der Waals surface area contributed by atoms with Crippen molar-refractivity contribution in [2.24, 2.45) is 0 Å². The first-order chi connectivity index (χ1) is 16.3. The predicted molar refractivity (Wildman–Crippen MR) is 130 cm³/mol. The van der Waals surface area contributed by atoms with Crippen LogP contribution >= 0.6 is 23.2 Å². The van der Waals surface area contributed by atoms with Gasteiger partial charge in [-0.1, -0.05) is 23.2 Å². The molecule has 174 valence electrons. The van der Waals surface area contributed by atoms with E-state index in [0.29, 0.717) is 52.2 Å². The zero-order valence-electron chi connectivity index (χ0n) is 18.7.